The molecule has 1 heterocycles. The highest BCUT2D eigenvalue weighted by atomic mass is 32.2. The van der Waals surface area contributed by atoms with Gasteiger partial charge < -0.3 is 10.1 Å². The van der Waals surface area contributed by atoms with E-state index in [0.717, 1.165) is 12.8 Å². The molecular weight excluding hydrogens is 360 g/mol. The zero-order chi connectivity index (χ0) is 18.3. The molecule has 0 aliphatic rings. The standard InChI is InChI=1S/C17H22N2O4S2/c1-3-5-10-18-25(21,22)14-8-6-7-13(12-14)19-17(20)16-15(23-4-2)9-11-24-16/h6-9,11-12,18H,3-5,10H2,1-2H3,(H,19,20). The number of carbonyl (C=O) groups is 1. The summed E-state index contributed by atoms with van der Waals surface area (Å²) in [6.07, 6.45) is 1.68. The van der Waals surface area contributed by atoms with Gasteiger partial charge in [-0.1, -0.05) is 19.4 Å². The van der Waals surface area contributed by atoms with E-state index in [-0.39, 0.29) is 10.8 Å². The van der Waals surface area contributed by atoms with Crippen molar-refractivity contribution >= 4 is 33.0 Å². The molecule has 2 N–H and O–H groups in total. The lowest BCUT2D eigenvalue weighted by Gasteiger charge is -2.09. The third kappa shape index (κ3) is 5.29. The number of hydrogen-bond acceptors (Lipinski definition) is 5. The number of hydrogen-bond donors (Lipinski definition) is 2. The van der Waals surface area contributed by atoms with Gasteiger partial charge >= 0.3 is 0 Å². The van der Waals surface area contributed by atoms with Crippen LogP contribution in [0.5, 0.6) is 5.75 Å². The molecule has 0 aliphatic carbocycles. The number of thiophene rings is 1. The average Bonchev–Trinajstić information content (AvgIpc) is 3.04. The minimum Gasteiger partial charge on any atom is -0.492 e. The SMILES string of the molecule is CCCCNS(=O)(=O)c1cccc(NC(=O)c2sccc2OCC)c1. The second-order valence-electron chi connectivity index (χ2n) is 5.28. The first-order chi connectivity index (χ1) is 12.0. The van der Waals surface area contributed by atoms with Gasteiger partial charge in [0.2, 0.25) is 10.0 Å². The first-order valence-electron chi connectivity index (χ1n) is 8.09. The molecule has 0 atom stereocenters. The fourth-order valence-electron chi connectivity index (χ4n) is 2.13. The fraction of sp³-hybridized carbons (Fsp3) is 0.353. The van der Waals surface area contributed by atoms with E-state index in [2.05, 4.69) is 10.0 Å². The lowest BCUT2D eigenvalue weighted by molar-refractivity contribution is 0.102. The van der Waals surface area contributed by atoms with Gasteiger partial charge in [-0.2, -0.15) is 0 Å². The normalized spacial score (nSPS) is 11.3. The summed E-state index contributed by atoms with van der Waals surface area (Å²) in [6, 6.07) is 7.93. The third-order valence-corrected chi connectivity index (χ3v) is 5.71. The van der Waals surface area contributed by atoms with Gasteiger partial charge in [0.05, 0.1) is 11.5 Å². The number of sulfonamides is 1. The molecule has 0 saturated carbocycles. The van der Waals surface area contributed by atoms with E-state index < -0.39 is 10.0 Å². The topological polar surface area (TPSA) is 84.5 Å². The Morgan fingerprint density at radius 3 is 2.76 bits per heavy atom. The van der Waals surface area contributed by atoms with Gasteiger partial charge in [0, 0.05) is 12.2 Å². The van der Waals surface area contributed by atoms with Gasteiger partial charge in [0.25, 0.3) is 5.91 Å². The lowest BCUT2D eigenvalue weighted by atomic mass is 10.3. The maximum absolute atomic E-state index is 12.4. The maximum Gasteiger partial charge on any atom is 0.269 e. The van der Waals surface area contributed by atoms with E-state index in [0.29, 0.717) is 29.5 Å². The van der Waals surface area contributed by atoms with Crippen molar-refractivity contribution in [1.82, 2.24) is 4.72 Å². The van der Waals surface area contributed by atoms with Crippen molar-refractivity contribution in [3.05, 3.63) is 40.6 Å². The maximum atomic E-state index is 12.4. The van der Waals surface area contributed by atoms with E-state index in [1.54, 1.807) is 23.6 Å². The van der Waals surface area contributed by atoms with Crippen LogP contribution in [0.4, 0.5) is 5.69 Å². The van der Waals surface area contributed by atoms with Crippen LogP contribution >= 0.6 is 11.3 Å². The summed E-state index contributed by atoms with van der Waals surface area (Å²) in [5.41, 5.74) is 0.416. The summed E-state index contributed by atoms with van der Waals surface area (Å²) in [5, 5.41) is 4.50. The minimum atomic E-state index is -3.58. The number of nitrogens with one attached hydrogen (secondary N) is 2. The molecule has 8 heteroatoms. The molecule has 0 radical (unpaired) electrons. The fourth-order valence-corrected chi connectivity index (χ4v) is 3.98. The quantitative estimate of drug-likeness (QED) is 0.650. The van der Waals surface area contributed by atoms with Gasteiger partial charge in [0.15, 0.2) is 0 Å². The first kappa shape index (κ1) is 19.4. The van der Waals surface area contributed by atoms with Crippen LogP contribution in [0, 0.1) is 0 Å². The third-order valence-electron chi connectivity index (χ3n) is 3.36. The number of carbonyl (C=O) groups excluding carboxylic acids is 1. The smallest absolute Gasteiger partial charge is 0.269 e. The number of anilines is 1. The Bertz CT molecular complexity index is 816. The van der Waals surface area contributed by atoms with Crippen LogP contribution in [0.15, 0.2) is 40.6 Å². The Balaban J connectivity index is 2.13. The molecule has 25 heavy (non-hydrogen) atoms. The Labute approximate surface area is 152 Å². The molecule has 2 rings (SSSR count). The van der Waals surface area contributed by atoms with Crippen molar-refractivity contribution < 1.29 is 17.9 Å². The summed E-state index contributed by atoms with van der Waals surface area (Å²) in [5.74, 6) is 0.196. The van der Waals surface area contributed by atoms with Crippen LogP contribution < -0.4 is 14.8 Å². The van der Waals surface area contributed by atoms with Gasteiger partial charge in [-0.15, -0.1) is 11.3 Å². The highest BCUT2D eigenvalue weighted by Gasteiger charge is 2.17. The summed E-state index contributed by atoms with van der Waals surface area (Å²) in [6.45, 7) is 4.70. The van der Waals surface area contributed by atoms with Gasteiger partial charge in [-0.05, 0) is 43.0 Å². The molecule has 0 aliphatic heterocycles. The Hall–Kier alpha value is -1.90. The number of ether oxygens (including phenoxy) is 1. The molecule has 0 spiro atoms. The molecule has 1 aromatic heterocycles. The van der Waals surface area contributed by atoms with Crippen molar-refractivity contribution in [2.75, 3.05) is 18.5 Å². The van der Waals surface area contributed by atoms with Crippen molar-refractivity contribution in [1.29, 1.82) is 0 Å². The molecule has 1 aromatic carbocycles. The Kier molecular flexibility index (Phi) is 6.98. The van der Waals surface area contributed by atoms with E-state index in [1.807, 2.05) is 13.8 Å². The molecular formula is C17H22N2O4S2. The molecule has 6 nitrogen and oxygen atoms in total. The van der Waals surface area contributed by atoms with Crippen LogP contribution in [-0.4, -0.2) is 27.5 Å². The summed E-state index contributed by atoms with van der Waals surface area (Å²) in [4.78, 5) is 13.0. The highest BCUT2D eigenvalue weighted by molar-refractivity contribution is 7.89. The van der Waals surface area contributed by atoms with Crippen LogP contribution in [0.25, 0.3) is 0 Å². The monoisotopic (exact) mass is 382 g/mol. The Morgan fingerprint density at radius 1 is 1.24 bits per heavy atom. The van der Waals surface area contributed by atoms with E-state index >= 15 is 0 Å². The molecule has 1 amide bonds. The van der Waals surface area contributed by atoms with Crippen LogP contribution in [0.3, 0.4) is 0 Å². The lowest BCUT2D eigenvalue weighted by Crippen LogP contribution is -2.24. The van der Waals surface area contributed by atoms with Crippen molar-refractivity contribution in [3.63, 3.8) is 0 Å². The van der Waals surface area contributed by atoms with Gasteiger partial charge in [-0.3, -0.25) is 4.79 Å². The average molecular weight is 383 g/mol. The largest absolute Gasteiger partial charge is 0.492 e. The van der Waals surface area contributed by atoms with Crippen molar-refractivity contribution in [2.24, 2.45) is 0 Å². The van der Waals surface area contributed by atoms with Crippen molar-refractivity contribution in [3.8, 4) is 5.75 Å². The van der Waals surface area contributed by atoms with E-state index in [1.165, 1.54) is 23.5 Å². The Morgan fingerprint density at radius 2 is 2.04 bits per heavy atom. The van der Waals surface area contributed by atoms with Crippen LogP contribution in [-0.2, 0) is 10.0 Å². The first-order valence-corrected chi connectivity index (χ1v) is 10.5. The summed E-state index contributed by atoms with van der Waals surface area (Å²) >= 11 is 1.27. The molecule has 0 bridgehead atoms. The summed E-state index contributed by atoms with van der Waals surface area (Å²) in [7, 11) is -3.58. The van der Waals surface area contributed by atoms with E-state index in [9.17, 15) is 13.2 Å². The molecule has 136 valence electrons. The predicted octanol–water partition coefficient (Wildman–Crippen LogP) is 3.48. The minimum absolute atomic E-state index is 0.123. The molecule has 2 aromatic rings. The second-order valence-corrected chi connectivity index (χ2v) is 7.96. The second kappa shape index (κ2) is 8.98. The predicted molar refractivity (Wildman–Crippen MR) is 100.0 cm³/mol. The molecule has 0 unspecified atom stereocenters. The van der Waals surface area contributed by atoms with Crippen LogP contribution in [0.2, 0.25) is 0 Å². The van der Waals surface area contributed by atoms with Crippen LogP contribution in [0.1, 0.15) is 36.4 Å². The van der Waals surface area contributed by atoms with Gasteiger partial charge in [-0.25, -0.2) is 13.1 Å². The zero-order valence-corrected chi connectivity index (χ0v) is 15.9. The zero-order valence-electron chi connectivity index (χ0n) is 14.2. The number of unbranched alkanes of at least 4 members (excludes halogenated alkanes) is 1. The molecule has 0 saturated heterocycles. The summed E-state index contributed by atoms with van der Waals surface area (Å²) < 4.78 is 32.5. The van der Waals surface area contributed by atoms with E-state index in [4.69, 9.17) is 4.74 Å². The highest BCUT2D eigenvalue weighted by Crippen LogP contribution is 2.26. The molecule has 0 fully saturated rings. The van der Waals surface area contributed by atoms with Gasteiger partial charge in [0.1, 0.15) is 10.6 Å². The number of benzene rings is 1. The van der Waals surface area contributed by atoms with Crippen molar-refractivity contribution in [2.45, 2.75) is 31.6 Å². The number of amides is 1. The number of rotatable bonds is 9.